The Morgan fingerprint density at radius 3 is 2.88 bits per heavy atom. The number of methoxy groups -OCH3 is 1. The number of carbonyl (C=O) groups excluding carboxylic acids is 2. The number of nitrogen functional groups attached to an aromatic ring is 1. The number of hydrogen-bond donors (Lipinski definition) is 2. The van der Waals surface area contributed by atoms with E-state index < -0.39 is 6.04 Å². The molecule has 1 saturated heterocycles. The third-order valence-corrected chi connectivity index (χ3v) is 6.16. The van der Waals surface area contributed by atoms with Gasteiger partial charge in [-0.05, 0) is 35.9 Å². The standard InChI is InChI=1S/C23H22ClN7O3/c1-34-11-19-22(32)30(10-13-2-4-15-17(8-13)26-12-27-20(15)25)6-7-31(19)23(33)21-28-16-5-3-14(24)9-18(16)29-21/h2-5,8-9,12,19H,6-7,10-11H2,1H3,(H,28,29)(H2,25,26,27). The summed E-state index contributed by atoms with van der Waals surface area (Å²) in [5.41, 5.74) is 8.81. The number of nitrogens with one attached hydrogen (secondary N) is 1. The van der Waals surface area contributed by atoms with Crippen molar-refractivity contribution < 1.29 is 14.3 Å². The molecule has 174 valence electrons. The van der Waals surface area contributed by atoms with Gasteiger partial charge in [0.15, 0.2) is 5.82 Å². The fraction of sp³-hybridized carbons (Fsp3) is 0.261. The molecule has 2 aromatic carbocycles. The van der Waals surface area contributed by atoms with Crippen molar-refractivity contribution >= 4 is 51.2 Å². The minimum absolute atomic E-state index is 0.0780. The lowest BCUT2D eigenvalue weighted by Crippen LogP contribution is -2.60. The van der Waals surface area contributed by atoms with Crippen molar-refractivity contribution in [2.45, 2.75) is 12.6 Å². The summed E-state index contributed by atoms with van der Waals surface area (Å²) in [5.74, 6) is 0.0161. The number of rotatable bonds is 5. The molecule has 3 N–H and O–H groups in total. The number of hydrogen-bond acceptors (Lipinski definition) is 7. The molecule has 2 aromatic heterocycles. The quantitative estimate of drug-likeness (QED) is 0.449. The highest BCUT2D eigenvalue weighted by molar-refractivity contribution is 6.31. The van der Waals surface area contributed by atoms with Crippen molar-refractivity contribution in [1.29, 1.82) is 0 Å². The molecule has 2 amide bonds. The van der Waals surface area contributed by atoms with Crippen LogP contribution in [0.1, 0.15) is 16.2 Å². The smallest absolute Gasteiger partial charge is 0.290 e. The number of fused-ring (bicyclic) bond motifs is 2. The van der Waals surface area contributed by atoms with E-state index in [1.807, 2.05) is 18.2 Å². The van der Waals surface area contributed by atoms with E-state index >= 15 is 0 Å². The van der Waals surface area contributed by atoms with Gasteiger partial charge in [-0.25, -0.2) is 15.0 Å². The number of nitrogens with two attached hydrogens (primary N) is 1. The lowest BCUT2D eigenvalue weighted by Gasteiger charge is -2.40. The van der Waals surface area contributed by atoms with Crippen LogP contribution >= 0.6 is 11.6 Å². The maximum atomic E-state index is 13.4. The number of halogens is 1. The Bertz CT molecular complexity index is 1410. The van der Waals surface area contributed by atoms with Gasteiger partial charge in [-0.15, -0.1) is 0 Å². The summed E-state index contributed by atoms with van der Waals surface area (Å²) in [6.07, 6.45) is 1.41. The molecule has 0 saturated carbocycles. The molecule has 0 radical (unpaired) electrons. The van der Waals surface area contributed by atoms with E-state index in [1.165, 1.54) is 18.3 Å². The number of H-pyrrole nitrogens is 1. The number of piperazine rings is 1. The van der Waals surface area contributed by atoms with E-state index in [2.05, 4.69) is 19.9 Å². The van der Waals surface area contributed by atoms with Crippen molar-refractivity contribution in [3.8, 4) is 0 Å². The zero-order valence-electron chi connectivity index (χ0n) is 18.4. The number of carbonyl (C=O) groups is 2. The van der Waals surface area contributed by atoms with E-state index in [0.29, 0.717) is 47.0 Å². The highest BCUT2D eigenvalue weighted by Gasteiger charge is 2.38. The van der Waals surface area contributed by atoms with Gasteiger partial charge in [0, 0.05) is 37.2 Å². The number of imidazole rings is 1. The first-order valence-electron chi connectivity index (χ1n) is 10.7. The first-order valence-corrected chi connectivity index (χ1v) is 11.1. The average Bonchev–Trinajstić information content (AvgIpc) is 3.25. The number of ether oxygens (including phenoxy) is 1. The maximum absolute atomic E-state index is 13.4. The molecule has 3 heterocycles. The van der Waals surface area contributed by atoms with Crippen LogP contribution in [0.4, 0.5) is 5.82 Å². The lowest BCUT2D eigenvalue weighted by atomic mass is 10.1. The Morgan fingerprint density at radius 1 is 1.21 bits per heavy atom. The highest BCUT2D eigenvalue weighted by Crippen LogP contribution is 2.23. The van der Waals surface area contributed by atoms with Gasteiger partial charge in [0.25, 0.3) is 5.91 Å². The highest BCUT2D eigenvalue weighted by atomic mass is 35.5. The van der Waals surface area contributed by atoms with Gasteiger partial charge in [0.1, 0.15) is 18.2 Å². The van der Waals surface area contributed by atoms with Crippen LogP contribution in [0.15, 0.2) is 42.7 Å². The molecule has 0 aliphatic carbocycles. The van der Waals surface area contributed by atoms with Gasteiger partial charge in [0.2, 0.25) is 5.91 Å². The first kappa shape index (κ1) is 22.1. The first-order chi connectivity index (χ1) is 16.4. The summed E-state index contributed by atoms with van der Waals surface area (Å²) in [4.78, 5) is 45.5. The van der Waals surface area contributed by atoms with Crippen LogP contribution < -0.4 is 5.73 Å². The van der Waals surface area contributed by atoms with Gasteiger partial charge >= 0.3 is 0 Å². The van der Waals surface area contributed by atoms with Crippen LogP contribution in [0.3, 0.4) is 0 Å². The number of aromatic amines is 1. The predicted octanol–water partition coefficient (Wildman–Crippen LogP) is 2.24. The third kappa shape index (κ3) is 4.02. The van der Waals surface area contributed by atoms with Crippen molar-refractivity contribution in [3.05, 3.63) is 59.1 Å². The number of amides is 2. The Balaban J connectivity index is 1.37. The zero-order chi connectivity index (χ0) is 23.8. The molecule has 1 aliphatic heterocycles. The maximum Gasteiger partial charge on any atom is 0.290 e. The molecule has 1 unspecified atom stereocenters. The molecule has 34 heavy (non-hydrogen) atoms. The monoisotopic (exact) mass is 479 g/mol. The summed E-state index contributed by atoms with van der Waals surface area (Å²) in [6.45, 7) is 1.18. The molecule has 1 aliphatic rings. The second kappa shape index (κ2) is 8.88. The molecule has 5 rings (SSSR count). The third-order valence-electron chi connectivity index (χ3n) is 5.92. The van der Waals surface area contributed by atoms with Gasteiger partial charge in [-0.3, -0.25) is 9.59 Å². The fourth-order valence-electron chi connectivity index (χ4n) is 4.22. The molecule has 0 bridgehead atoms. The van der Waals surface area contributed by atoms with E-state index in [9.17, 15) is 9.59 Å². The Morgan fingerprint density at radius 2 is 2.06 bits per heavy atom. The lowest BCUT2D eigenvalue weighted by molar-refractivity contribution is -0.143. The fourth-order valence-corrected chi connectivity index (χ4v) is 4.39. The topological polar surface area (TPSA) is 130 Å². The van der Waals surface area contributed by atoms with Crippen LogP contribution in [0.5, 0.6) is 0 Å². The molecule has 0 spiro atoms. The number of anilines is 1. The molecular formula is C23H22ClN7O3. The van der Waals surface area contributed by atoms with Gasteiger partial charge in [-0.2, -0.15) is 0 Å². The molecule has 11 heteroatoms. The average molecular weight is 480 g/mol. The minimum Gasteiger partial charge on any atom is -0.383 e. The Labute approximate surface area is 199 Å². The summed E-state index contributed by atoms with van der Waals surface area (Å²) < 4.78 is 5.29. The van der Waals surface area contributed by atoms with E-state index in [-0.39, 0.29) is 24.2 Å². The van der Waals surface area contributed by atoms with Crippen LogP contribution in [-0.2, 0) is 16.1 Å². The summed E-state index contributed by atoms with van der Waals surface area (Å²) in [6, 6.07) is 10.0. The number of nitrogens with zero attached hydrogens (tertiary/aromatic N) is 5. The number of aromatic nitrogens is 4. The summed E-state index contributed by atoms with van der Waals surface area (Å²) in [5, 5.41) is 1.30. The van der Waals surface area contributed by atoms with E-state index in [0.717, 1.165) is 10.9 Å². The SMILES string of the molecule is COCC1C(=O)N(Cc2ccc3c(N)ncnc3c2)CCN1C(=O)c1nc2ccc(Cl)cc2[nH]1. The Hall–Kier alpha value is -3.76. The predicted molar refractivity (Wildman–Crippen MR) is 127 cm³/mol. The largest absolute Gasteiger partial charge is 0.383 e. The van der Waals surface area contributed by atoms with Crippen LogP contribution in [0, 0.1) is 0 Å². The molecular weight excluding hydrogens is 458 g/mol. The van der Waals surface area contributed by atoms with E-state index in [1.54, 1.807) is 23.1 Å². The van der Waals surface area contributed by atoms with Crippen molar-refractivity contribution in [2.24, 2.45) is 0 Å². The second-order valence-corrected chi connectivity index (χ2v) is 8.52. The van der Waals surface area contributed by atoms with E-state index in [4.69, 9.17) is 22.1 Å². The zero-order valence-corrected chi connectivity index (χ0v) is 19.1. The van der Waals surface area contributed by atoms with Gasteiger partial charge < -0.3 is 25.3 Å². The molecule has 1 fully saturated rings. The summed E-state index contributed by atoms with van der Waals surface area (Å²) in [7, 11) is 1.51. The molecule has 4 aromatic rings. The van der Waals surface area contributed by atoms with Crippen LogP contribution in [-0.4, -0.2) is 74.4 Å². The van der Waals surface area contributed by atoms with Crippen molar-refractivity contribution in [1.82, 2.24) is 29.7 Å². The minimum atomic E-state index is -0.763. The number of benzene rings is 2. The second-order valence-electron chi connectivity index (χ2n) is 8.09. The van der Waals surface area contributed by atoms with Crippen LogP contribution in [0.2, 0.25) is 5.02 Å². The molecule has 10 nitrogen and oxygen atoms in total. The van der Waals surface area contributed by atoms with Crippen molar-refractivity contribution in [3.63, 3.8) is 0 Å². The van der Waals surface area contributed by atoms with Gasteiger partial charge in [-0.1, -0.05) is 17.7 Å². The normalized spacial score (nSPS) is 16.5. The van der Waals surface area contributed by atoms with Crippen LogP contribution in [0.25, 0.3) is 21.9 Å². The summed E-state index contributed by atoms with van der Waals surface area (Å²) >= 11 is 6.04. The van der Waals surface area contributed by atoms with Crippen molar-refractivity contribution in [2.75, 3.05) is 32.5 Å². The molecule has 1 atom stereocenters. The Kier molecular flexibility index (Phi) is 5.76. The van der Waals surface area contributed by atoms with Gasteiger partial charge in [0.05, 0.1) is 23.2 Å².